The highest BCUT2D eigenvalue weighted by Crippen LogP contribution is 2.06. The summed E-state index contributed by atoms with van der Waals surface area (Å²) in [6, 6.07) is 0. The van der Waals surface area contributed by atoms with Crippen LogP contribution >= 0.6 is 0 Å². The zero-order valence-corrected chi connectivity index (χ0v) is 6.34. The van der Waals surface area contributed by atoms with Gasteiger partial charge in [0.2, 0.25) is 6.54 Å². The Morgan fingerprint density at radius 3 is 2.60 bits per heavy atom. The highest BCUT2D eigenvalue weighted by Gasteiger charge is 2.10. The molecule has 56 valence electrons. The van der Waals surface area contributed by atoms with Gasteiger partial charge in [-0.25, -0.2) is 6.57 Å². The topological polar surface area (TPSA) is 7.60 Å². The number of hydrogen-bond donors (Lipinski definition) is 0. The van der Waals surface area contributed by atoms with Gasteiger partial charge in [-0.15, -0.1) is 0 Å². The molecule has 1 heterocycles. The molecule has 1 saturated heterocycles. The number of rotatable bonds is 3. The molecule has 1 fully saturated rings. The molecule has 0 aliphatic carbocycles. The van der Waals surface area contributed by atoms with E-state index in [2.05, 4.69) is 9.74 Å². The van der Waals surface area contributed by atoms with Crippen LogP contribution in [0.1, 0.15) is 19.3 Å². The molecule has 0 aromatic rings. The maximum Gasteiger partial charge on any atom is 0.215 e. The van der Waals surface area contributed by atoms with Gasteiger partial charge < -0.3 is 9.74 Å². The molecule has 2 nitrogen and oxygen atoms in total. The highest BCUT2D eigenvalue weighted by atomic mass is 15.1. The third-order valence-electron chi connectivity index (χ3n) is 1.94. The number of nitrogens with zero attached hydrogens (tertiary/aromatic N) is 2. The average Bonchev–Trinajstić information content (AvgIpc) is 2.41. The average molecular weight is 138 g/mol. The van der Waals surface area contributed by atoms with E-state index in [9.17, 15) is 0 Å². The van der Waals surface area contributed by atoms with Crippen molar-refractivity contribution in [2.45, 2.75) is 19.3 Å². The van der Waals surface area contributed by atoms with Crippen LogP contribution in [-0.4, -0.2) is 31.1 Å². The van der Waals surface area contributed by atoms with Crippen molar-refractivity contribution < 1.29 is 0 Å². The first-order valence-corrected chi connectivity index (χ1v) is 3.99. The van der Waals surface area contributed by atoms with Crippen molar-refractivity contribution in [3.8, 4) is 0 Å². The van der Waals surface area contributed by atoms with Crippen LogP contribution in [0, 0.1) is 6.57 Å². The summed E-state index contributed by atoms with van der Waals surface area (Å²) in [5, 5.41) is 0. The van der Waals surface area contributed by atoms with Gasteiger partial charge in [-0.3, -0.25) is 0 Å². The van der Waals surface area contributed by atoms with Gasteiger partial charge in [-0.05, 0) is 25.9 Å². The van der Waals surface area contributed by atoms with Gasteiger partial charge in [-0.2, -0.15) is 0 Å². The van der Waals surface area contributed by atoms with Crippen LogP contribution in [-0.2, 0) is 0 Å². The molecule has 2 heteroatoms. The van der Waals surface area contributed by atoms with Gasteiger partial charge in [0.05, 0.1) is 0 Å². The van der Waals surface area contributed by atoms with Gasteiger partial charge in [-0.1, -0.05) is 0 Å². The van der Waals surface area contributed by atoms with Crippen LogP contribution in [0.4, 0.5) is 0 Å². The standard InChI is InChI=1S/C8H14N2/c1-9-5-4-8-10-6-2-3-7-10/h2-8H2. The van der Waals surface area contributed by atoms with E-state index in [4.69, 9.17) is 6.57 Å². The van der Waals surface area contributed by atoms with Crippen molar-refractivity contribution in [3.63, 3.8) is 0 Å². The quantitative estimate of drug-likeness (QED) is 0.422. The first-order chi connectivity index (χ1) is 4.93. The zero-order chi connectivity index (χ0) is 7.23. The monoisotopic (exact) mass is 138 g/mol. The summed E-state index contributed by atoms with van der Waals surface area (Å²) in [5.74, 6) is 0. The third-order valence-corrected chi connectivity index (χ3v) is 1.94. The van der Waals surface area contributed by atoms with Gasteiger partial charge in [0.1, 0.15) is 0 Å². The van der Waals surface area contributed by atoms with Crippen LogP contribution in [0.15, 0.2) is 0 Å². The molecule has 0 amide bonds. The summed E-state index contributed by atoms with van der Waals surface area (Å²) in [6.07, 6.45) is 3.78. The van der Waals surface area contributed by atoms with Crippen molar-refractivity contribution in [2.75, 3.05) is 26.2 Å². The van der Waals surface area contributed by atoms with Crippen LogP contribution in [0.3, 0.4) is 0 Å². The molecule has 0 radical (unpaired) electrons. The smallest absolute Gasteiger partial charge is 0.215 e. The normalized spacial score (nSPS) is 19.1. The van der Waals surface area contributed by atoms with Crippen LogP contribution in [0.25, 0.3) is 4.85 Å². The van der Waals surface area contributed by atoms with Crippen molar-refractivity contribution in [1.82, 2.24) is 4.90 Å². The molecule has 0 bridgehead atoms. The summed E-state index contributed by atoms with van der Waals surface area (Å²) >= 11 is 0. The summed E-state index contributed by atoms with van der Waals surface area (Å²) in [5.41, 5.74) is 0. The van der Waals surface area contributed by atoms with Crippen molar-refractivity contribution >= 4 is 0 Å². The van der Waals surface area contributed by atoms with Gasteiger partial charge >= 0.3 is 0 Å². The highest BCUT2D eigenvalue weighted by molar-refractivity contribution is 4.68. The molecule has 0 spiro atoms. The molecule has 0 atom stereocenters. The summed E-state index contributed by atoms with van der Waals surface area (Å²) in [4.78, 5) is 5.77. The van der Waals surface area contributed by atoms with E-state index in [1.165, 1.54) is 25.9 Å². The Hall–Kier alpha value is -0.550. The fraction of sp³-hybridized carbons (Fsp3) is 0.875. The van der Waals surface area contributed by atoms with E-state index in [1.54, 1.807) is 0 Å². The van der Waals surface area contributed by atoms with Crippen molar-refractivity contribution in [1.29, 1.82) is 0 Å². The lowest BCUT2D eigenvalue weighted by Crippen LogP contribution is -2.20. The van der Waals surface area contributed by atoms with E-state index < -0.39 is 0 Å². The maximum atomic E-state index is 6.58. The minimum absolute atomic E-state index is 0.705. The Bertz CT molecular complexity index is 120. The summed E-state index contributed by atoms with van der Waals surface area (Å²) < 4.78 is 0. The molecule has 0 aromatic carbocycles. The molecule has 0 aromatic heterocycles. The molecule has 0 N–H and O–H groups in total. The predicted molar refractivity (Wildman–Crippen MR) is 41.8 cm³/mol. The van der Waals surface area contributed by atoms with E-state index in [1.807, 2.05) is 0 Å². The first kappa shape index (κ1) is 7.56. The molecule has 0 unspecified atom stereocenters. The Kier molecular flexibility index (Phi) is 3.25. The lowest BCUT2D eigenvalue weighted by atomic mass is 10.4. The second-order valence-electron chi connectivity index (χ2n) is 2.78. The molecule has 0 saturated carbocycles. The molecule has 1 rings (SSSR count). The maximum absolute atomic E-state index is 6.58. The van der Waals surface area contributed by atoms with E-state index in [0.717, 1.165) is 13.0 Å². The Morgan fingerprint density at radius 2 is 2.00 bits per heavy atom. The summed E-state index contributed by atoms with van der Waals surface area (Å²) in [6.45, 7) is 11.0. The molecule has 1 aliphatic heterocycles. The van der Waals surface area contributed by atoms with Gasteiger partial charge in [0, 0.05) is 13.0 Å². The molecule has 10 heavy (non-hydrogen) atoms. The minimum atomic E-state index is 0.705. The third kappa shape index (κ3) is 2.36. The Balaban J connectivity index is 1.97. The molecular formula is C8H14N2. The fourth-order valence-corrected chi connectivity index (χ4v) is 1.38. The van der Waals surface area contributed by atoms with Crippen LogP contribution < -0.4 is 0 Å². The Morgan fingerprint density at radius 1 is 1.30 bits per heavy atom. The first-order valence-electron chi connectivity index (χ1n) is 3.99. The Labute approximate surface area is 62.7 Å². The fourth-order valence-electron chi connectivity index (χ4n) is 1.38. The summed E-state index contributed by atoms with van der Waals surface area (Å²) in [7, 11) is 0. The van der Waals surface area contributed by atoms with Crippen molar-refractivity contribution in [2.24, 2.45) is 0 Å². The van der Waals surface area contributed by atoms with E-state index >= 15 is 0 Å². The number of likely N-dealkylation sites (tertiary alicyclic amines) is 1. The van der Waals surface area contributed by atoms with Gasteiger partial charge in [0.15, 0.2) is 0 Å². The lowest BCUT2D eigenvalue weighted by molar-refractivity contribution is 0.338. The predicted octanol–water partition coefficient (Wildman–Crippen LogP) is 1.39. The van der Waals surface area contributed by atoms with Crippen LogP contribution in [0.5, 0.6) is 0 Å². The zero-order valence-electron chi connectivity index (χ0n) is 6.34. The van der Waals surface area contributed by atoms with E-state index in [-0.39, 0.29) is 0 Å². The molecule has 1 aliphatic rings. The van der Waals surface area contributed by atoms with Gasteiger partial charge in [0.25, 0.3) is 0 Å². The minimum Gasteiger partial charge on any atom is -0.317 e. The second kappa shape index (κ2) is 4.29. The van der Waals surface area contributed by atoms with Crippen LogP contribution in [0.2, 0.25) is 0 Å². The molecular weight excluding hydrogens is 124 g/mol. The second-order valence-corrected chi connectivity index (χ2v) is 2.78. The largest absolute Gasteiger partial charge is 0.317 e. The number of hydrogen-bond acceptors (Lipinski definition) is 1. The lowest BCUT2D eigenvalue weighted by Gasteiger charge is -2.11. The SMILES string of the molecule is [C-]#[N+]CCCN1CCCC1. The van der Waals surface area contributed by atoms with Crippen molar-refractivity contribution in [3.05, 3.63) is 11.4 Å². The van der Waals surface area contributed by atoms with E-state index in [0.29, 0.717) is 6.54 Å².